The van der Waals surface area contributed by atoms with Crippen LogP contribution in [0, 0.1) is 0 Å². The van der Waals surface area contributed by atoms with E-state index < -0.39 is 0 Å². The van der Waals surface area contributed by atoms with Crippen LogP contribution in [0.15, 0.2) is 15.3 Å². The van der Waals surface area contributed by atoms with Crippen molar-refractivity contribution in [2.24, 2.45) is 0 Å². The fourth-order valence-corrected chi connectivity index (χ4v) is 2.82. The first-order valence-electron chi connectivity index (χ1n) is 6.69. The minimum Gasteiger partial charge on any atom is -0.493 e. The van der Waals surface area contributed by atoms with Gasteiger partial charge in [0.2, 0.25) is 5.75 Å². The number of ether oxygens (including phenoxy) is 3. The Balaban J connectivity index is 2.46. The number of fused-ring (bicyclic) bond motifs is 3. The molecular formula is C15H17NO5. The van der Waals surface area contributed by atoms with E-state index >= 15 is 0 Å². The largest absolute Gasteiger partial charge is 0.493 e. The second-order valence-corrected chi connectivity index (χ2v) is 4.79. The van der Waals surface area contributed by atoms with Crippen LogP contribution in [0.4, 0.5) is 0 Å². The summed E-state index contributed by atoms with van der Waals surface area (Å²) >= 11 is 0. The van der Waals surface area contributed by atoms with E-state index in [-0.39, 0.29) is 5.63 Å². The first-order chi connectivity index (χ1) is 10.2. The molecule has 1 aromatic carbocycles. The van der Waals surface area contributed by atoms with Gasteiger partial charge in [0.25, 0.3) is 0 Å². The molecule has 0 aliphatic carbocycles. The topological polar surface area (TPSA) is 69.9 Å². The average molecular weight is 291 g/mol. The number of benzene rings is 1. The van der Waals surface area contributed by atoms with Crippen LogP contribution in [0.1, 0.15) is 11.1 Å². The minimum absolute atomic E-state index is 0.320. The molecule has 0 radical (unpaired) electrons. The Hall–Kier alpha value is -2.21. The molecule has 1 aliphatic heterocycles. The predicted octanol–water partition coefficient (Wildman–Crippen LogP) is 1.46. The van der Waals surface area contributed by atoms with Gasteiger partial charge in [-0.2, -0.15) is 0 Å². The van der Waals surface area contributed by atoms with Crippen LogP contribution in [0.5, 0.6) is 17.2 Å². The molecule has 0 unspecified atom stereocenters. The molecular weight excluding hydrogens is 274 g/mol. The number of hydrogen-bond donors (Lipinski definition) is 1. The lowest BCUT2D eigenvalue weighted by molar-refractivity contribution is 0.326. The number of rotatable bonds is 3. The Morgan fingerprint density at radius 2 is 1.86 bits per heavy atom. The summed E-state index contributed by atoms with van der Waals surface area (Å²) in [7, 11) is 4.65. The molecule has 1 aromatic heterocycles. The second-order valence-electron chi connectivity index (χ2n) is 4.79. The third kappa shape index (κ3) is 2.03. The SMILES string of the molecule is COc1cc2oc(=O)c3c(c2c(OC)c1OC)CCNC3. The fourth-order valence-electron chi connectivity index (χ4n) is 2.82. The van der Waals surface area contributed by atoms with Crippen LogP contribution >= 0.6 is 0 Å². The molecule has 21 heavy (non-hydrogen) atoms. The van der Waals surface area contributed by atoms with Gasteiger partial charge >= 0.3 is 5.63 Å². The van der Waals surface area contributed by atoms with Gasteiger partial charge < -0.3 is 23.9 Å². The Labute approximate surface area is 121 Å². The van der Waals surface area contributed by atoms with Crippen molar-refractivity contribution < 1.29 is 18.6 Å². The van der Waals surface area contributed by atoms with Crippen molar-refractivity contribution in [3.8, 4) is 17.2 Å². The van der Waals surface area contributed by atoms with Crippen molar-refractivity contribution in [2.45, 2.75) is 13.0 Å². The molecule has 0 saturated carbocycles. The Bertz CT molecular complexity index is 750. The van der Waals surface area contributed by atoms with Gasteiger partial charge in [0.15, 0.2) is 11.5 Å². The van der Waals surface area contributed by atoms with Crippen LogP contribution in [0.2, 0.25) is 0 Å². The highest BCUT2D eigenvalue weighted by Gasteiger charge is 2.25. The van der Waals surface area contributed by atoms with Gasteiger partial charge in [0, 0.05) is 12.6 Å². The van der Waals surface area contributed by atoms with Gasteiger partial charge in [0.1, 0.15) is 5.58 Å². The molecule has 3 rings (SSSR count). The van der Waals surface area contributed by atoms with Crippen LogP contribution in [-0.4, -0.2) is 27.9 Å². The van der Waals surface area contributed by atoms with Gasteiger partial charge in [0.05, 0.1) is 32.3 Å². The summed E-state index contributed by atoms with van der Waals surface area (Å²) in [5.74, 6) is 1.51. The molecule has 1 N–H and O–H groups in total. The molecule has 0 fully saturated rings. The molecule has 112 valence electrons. The van der Waals surface area contributed by atoms with E-state index in [0.29, 0.717) is 34.9 Å². The van der Waals surface area contributed by atoms with E-state index in [2.05, 4.69) is 5.32 Å². The van der Waals surface area contributed by atoms with E-state index in [4.69, 9.17) is 18.6 Å². The summed E-state index contributed by atoms with van der Waals surface area (Å²) in [6.45, 7) is 1.31. The number of nitrogens with one attached hydrogen (secondary N) is 1. The standard InChI is InChI=1S/C15H17NO5/c1-18-11-6-10-12(14(20-3)13(11)19-2)8-4-5-16-7-9(8)15(17)21-10/h6,16H,4-5,7H2,1-3H3. The zero-order valence-corrected chi connectivity index (χ0v) is 12.2. The maximum absolute atomic E-state index is 12.1. The number of methoxy groups -OCH3 is 3. The zero-order valence-electron chi connectivity index (χ0n) is 12.2. The van der Waals surface area contributed by atoms with Crippen molar-refractivity contribution in [3.63, 3.8) is 0 Å². The van der Waals surface area contributed by atoms with E-state index in [1.807, 2.05) is 0 Å². The van der Waals surface area contributed by atoms with Crippen molar-refractivity contribution in [1.82, 2.24) is 5.32 Å². The third-order valence-electron chi connectivity index (χ3n) is 3.76. The van der Waals surface area contributed by atoms with Crippen molar-refractivity contribution in [1.29, 1.82) is 0 Å². The summed E-state index contributed by atoms with van der Waals surface area (Å²) < 4.78 is 21.6. The van der Waals surface area contributed by atoms with Crippen LogP contribution in [0.3, 0.4) is 0 Å². The quantitative estimate of drug-likeness (QED) is 0.864. The molecule has 2 heterocycles. The Morgan fingerprint density at radius 3 is 2.52 bits per heavy atom. The van der Waals surface area contributed by atoms with E-state index in [1.54, 1.807) is 20.3 Å². The maximum Gasteiger partial charge on any atom is 0.341 e. The molecule has 2 aromatic rings. The first-order valence-corrected chi connectivity index (χ1v) is 6.69. The number of hydrogen-bond acceptors (Lipinski definition) is 6. The highest BCUT2D eigenvalue weighted by atomic mass is 16.5. The van der Waals surface area contributed by atoms with E-state index in [1.165, 1.54) is 7.11 Å². The van der Waals surface area contributed by atoms with Crippen molar-refractivity contribution in [2.75, 3.05) is 27.9 Å². The molecule has 6 nitrogen and oxygen atoms in total. The lowest BCUT2D eigenvalue weighted by Crippen LogP contribution is -2.29. The predicted molar refractivity (Wildman–Crippen MR) is 77.6 cm³/mol. The van der Waals surface area contributed by atoms with Crippen LogP contribution in [-0.2, 0) is 13.0 Å². The van der Waals surface area contributed by atoms with Crippen molar-refractivity contribution >= 4 is 11.0 Å². The van der Waals surface area contributed by atoms with E-state index in [0.717, 1.165) is 23.9 Å². The van der Waals surface area contributed by atoms with Crippen LogP contribution in [0.25, 0.3) is 11.0 Å². The monoisotopic (exact) mass is 291 g/mol. The highest BCUT2D eigenvalue weighted by molar-refractivity contribution is 5.92. The fraction of sp³-hybridized carbons (Fsp3) is 0.400. The lowest BCUT2D eigenvalue weighted by Gasteiger charge is -2.20. The van der Waals surface area contributed by atoms with Gasteiger partial charge in [-0.3, -0.25) is 0 Å². The van der Waals surface area contributed by atoms with Gasteiger partial charge in [-0.25, -0.2) is 4.79 Å². The summed E-state index contributed by atoms with van der Waals surface area (Å²) in [4.78, 5) is 12.1. The molecule has 0 saturated heterocycles. The molecule has 0 atom stereocenters. The average Bonchev–Trinajstić information content (AvgIpc) is 2.53. The molecule has 1 aliphatic rings. The Morgan fingerprint density at radius 1 is 1.10 bits per heavy atom. The summed E-state index contributed by atoms with van der Waals surface area (Å²) in [5.41, 5.74) is 1.74. The van der Waals surface area contributed by atoms with Crippen LogP contribution < -0.4 is 25.2 Å². The molecule has 0 bridgehead atoms. The lowest BCUT2D eigenvalue weighted by atomic mass is 9.97. The van der Waals surface area contributed by atoms with Gasteiger partial charge in [-0.15, -0.1) is 0 Å². The molecule has 6 heteroatoms. The summed E-state index contributed by atoms with van der Waals surface area (Å²) in [6.07, 6.45) is 0.739. The van der Waals surface area contributed by atoms with Crippen molar-refractivity contribution in [3.05, 3.63) is 27.6 Å². The summed E-state index contributed by atoms with van der Waals surface area (Å²) in [6, 6.07) is 1.67. The zero-order chi connectivity index (χ0) is 15.0. The molecule has 0 spiro atoms. The minimum atomic E-state index is -0.320. The summed E-state index contributed by atoms with van der Waals surface area (Å²) in [5, 5.41) is 3.96. The Kier molecular flexibility index (Phi) is 3.47. The normalized spacial score (nSPS) is 13.9. The highest BCUT2D eigenvalue weighted by Crippen LogP contribution is 2.45. The smallest absolute Gasteiger partial charge is 0.341 e. The van der Waals surface area contributed by atoms with Gasteiger partial charge in [-0.05, 0) is 18.5 Å². The van der Waals surface area contributed by atoms with Gasteiger partial charge in [-0.1, -0.05) is 0 Å². The first kappa shape index (κ1) is 13.8. The second kappa shape index (κ2) is 5.29. The molecule has 0 amide bonds. The third-order valence-corrected chi connectivity index (χ3v) is 3.76. The maximum atomic E-state index is 12.1. The van der Waals surface area contributed by atoms with E-state index in [9.17, 15) is 4.79 Å².